The summed E-state index contributed by atoms with van der Waals surface area (Å²) in [5.74, 6) is 0.625. The zero-order valence-corrected chi connectivity index (χ0v) is 16.9. The van der Waals surface area contributed by atoms with Gasteiger partial charge in [-0.1, -0.05) is 0 Å². The average molecular weight is 410 g/mol. The van der Waals surface area contributed by atoms with Crippen molar-refractivity contribution in [3.05, 3.63) is 24.3 Å². The molecule has 3 heterocycles. The van der Waals surface area contributed by atoms with E-state index >= 15 is 0 Å². The van der Waals surface area contributed by atoms with Crippen molar-refractivity contribution in [1.82, 2.24) is 14.5 Å². The summed E-state index contributed by atoms with van der Waals surface area (Å²) in [6.07, 6.45) is 2.95. The molecule has 4 rings (SSSR count). The van der Waals surface area contributed by atoms with Crippen LogP contribution < -0.4 is 10.1 Å². The van der Waals surface area contributed by atoms with Crippen LogP contribution in [0, 0.1) is 0 Å². The summed E-state index contributed by atoms with van der Waals surface area (Å²) in [7, 11) is -1.99. The molecule has 0 unspecified atom stereocenters. The number of carbonyl (C=O) groups is 1. The first-order chi connectivity index (χ1) is 13.5. The number of methoxy groups -OCH3 is 1. The summed E-state index contributed by atoms with van der Waals surface area (Å²) in [6.45, 7) is 2.80. The summed E-state index contributed by atoms with van der Waals surface area (Å²) in [5.41, 5.74) is -0.184. The minimum absolute atomic E-state index is 0.0293. The van der Waals surface area contributed by atoms with Gasteiger partial charge in [0.25, 0.3) is 0 Å². The second-order valence-electron chi connectivity index (χ2n) is 7.68. The summed E-state index contributed by atoms with van der Waals surface area (Å²) >= 11 is 0. The predicted octanol–water partition coefficient (Wildman–Crippen LogP) is 1.42. The van der Waals surface area contributed by atoms with Gasteiger partial charge < -0.3 is 19.7 Å². The average Bonchev–Trinajstić information content (AvgIpc) is 3.04. The molecule has 3 fully saturated rings. The quantitative estimate of drug-likeness (QED) is 0.813. The van der Waals surface area contributed by atoms with Crippen molar-refractivity contribution in [1.29, 1.82) is 0 Å². The molecule has 154 valence electrons. The molecule has 3 saturated heterocycles. The standard InChI is InChI=1S/C19H27N3O5S/c1-26-16-2-4-17(5-3-16)28(24,25)21-10-6-15(7-11-21)22-18(23)20-14-19(22)8-12-27-13-9-19/h2-5,15H,6-14H2,1H3,(H,20,23). The van der Waals surface area contributed by atoms with Gasteiger partial charge in [0, 0.05) is 38.9 Å². The first kappa shape index (κ1) is 19.5. The normalized spacial score (nSPS) is 23.8. The number of rotatable bonds is 4. The highest BCUT2D eigenvalue weighted by atomic mass is 32.2. The number of benzene rings is 1. The third kappa shape index (κ3) is 3.35. The van der Waals surface area contributed by atoms with E-state index in [1.807, 2.05) is 4.90 Å². The largest absolute Gasteiger partial charge is 0.497 e. The molecule has 1 spiro atoms. The fourth-order valence-corrected chi connectivity index (χ4v) is 6.06. The minimum Gasteiger partial charge on any atom is -0.497 e. The minimum atomic E-state index is -3.54. The number of nitrogens with one attached hydrogen (secondary N) is 1. The van der Waals surface area contributed by atoms with Crippen LogP contribution in [0.25, 0.3) is 0 Å². The SMILES string of the molecule is COc1ccc(S(=O)(=O)N2CCC(N3C(=O)NCC34CCOCC4)CC2)cc1. The molecule has 0 atom stereocenters. The van der Waals surface area contributed by atoms with E-state index in [0.29, 0.717) is 51.4 Å². The Morgan fingerprint density at radius 3 is 2.39 bits per heavy atom. The fourth-order valence-electron chi connectivity index (χ4n) is 4.59. The van der Waals surface area contributed by atoms with Crippen LogP contribution in [0.1, 0.15) is 25.7 Å². The van der Waals surface area contributed by atoms with Crippen molar-refractivity contribution in [2.24, 2.45) is 0 Å². The van der Waals surface area contributed by atoms with Crippen LogP contribution >= 0.6 is 0 Å². The molecule has 1 aromatic carbocycles. The number of piperidine rings is 1. The van der Waals surface area contributed by atoms with E-state index in [0.717, 1.165) is 12.8 Å². The van der Waals surface area contributed by atoms with Crippen molar-refractivity contribution in [2.75, 3.05) is 40.0 Å². The molecular formula is C19H27N3O5S. The van der Waals surface area contributed by atoms with E-state index in [1.165, 1.54) is 4.31 Å². The maximum absolute atomic E-state index is 12.9. The molecule has 3 aliphatic rings. The molecule has 0 radical (unpaired) electrons. The number of nitrogens with zero attached hydrogens (tertiary/aromatic N) is 2. The van der Waals surface area contributed by atoms with E-state index in [1.54, 1.807) is 31.4 Å². The fraction of sp³-hybridized carbons (Fsp3) is 0.632. The van der Waals surface area contributed by atoms with E-state index in [4.69, 9.17) is 9.47 Å². The molecule has 0 bridgehead atoms. The highest BCUT2D eigenvalue weighted by Crippen LogP contribution is 2.36. The molecule has 28 heavy (non-hydrogen) atoms. The Hall–Kier alpha value is -1.84. The molecule has 2 amide bonds. The highest BCUT2D eigenvalue weighted by Gasteiger charge is 2.50. The Kier molecular flexibility index (Phi) is 5.24. The second kappa shape index (κ2) is 7.53. The van der Waals surface area contributed by atoms with Gasteiger partial charge in [-0.3, -0.25) is 0 Å². The van der Waals surface area contributed by atoms with Crippen molar-refractivity contribution in [2.45, 2.75) is 42.2 Å². The van der Waals surface area contributed by atoms with E-state index in [2.05, 4.69) is 5.32 Å². The van der Waals surface area contributed by atoms with Gasteiger partial charge in [0.1, 0.15) is 5.75 Å². The van der Waals surface area contributed by atoms with Gasteiger partial charge in [0.15, 0.2) is 0 Å². The molecule has 0 aliphatic carbocycles. The number of hydrogen-bond donors (Lipinski definition) is 1. The van der Waals surface area contributed by atoms with Gasteiger partial charge in [-0.2, -0.15) is 4.31 Å². The number of urea groups is 1. The van der Waals surface area contributed by atoms with Crippen molar-refractivity contribution < 1.29 is 22.7 Å². The zero-order valence-electron chi connectivity index (χ0n) is 16.1. The molecule has 1 N–H and O–H groups in total. The van der Waals surface area contributed by atoms with Crippen molar-refractivity contribution in [3.63, 3.8) is 0 Å². The molecule has 8 nitrogen and oxygen atoms in total. The summed E-state index contributed by atoms with van der Waals surface area (Å²) in [6, 6.07) is 6.49. The van der Waals surface area contributed by atoms with Gasteiger partial charge in [-0.05, 0) is 49.9 Å². The third-order valence-corrected chi connectivity index (χ3v) is 8.12. The predicted molar refractivity (Wildman–Crippen MR) is 103 cm³/mol. The lowest BCUT2D eigenvalue weighted by Crippen LogP contribution is -2.57. The maximum Gasteiger partial charge on any atom is 0.318 e. The van der Waals surface area contributed by atoms with Crippen LogP contribution in [0.4, 0.5) is 4.79 Å². The zero-order chi connectivity index (χ0) is 19.8. The van der Waals surface area contributed by atoms with E-state index in [-0.39, 0.29) is 22.5 Å². The smallest absolute Gasteiger partial charge is 0.318 e. The lowest BCUT2D eigenvalue weighted by atomic mass is 9.87. The third-order valence-electron chi connectivity index (χ3n) is 6.21. The Morgan fingerprint density at radius 2 is 1.79 bits per heavy atom. The molecule has 1 aromatic rings. The van der Waals surface area contributed by atoms with Crippen molar-refractivity contribution in [3.8, 4) is 5.75 Å². The first-order valence-electron chi connectivity index (χ1n) is 9.75. The lowest BCUT2D eigenvalue weighted by Gasteiger charge is -2.46. The molecule has 3 aliphatic heterocycles. The topological polar surface area (TPSA) is 88.2 Å². The number of sulfonamides is 1. The second-order valence-corrected chi connectivity index (χ2v) is 9.61. The maximum atomic E-state index is 12.9. The van der Waals surface area contributed by atoms with Crippen LogP contribution in [0.2, 0.25) is 0 Å². The van der Waals surface area contributed by atoms with E-state index < -0.39 is 10.0 Å². The molecule has 0 aromatic heterocycles. The van der Waals surface area contributed by atoms with Gasteiger partial charge >= 0.3 is 6.03 Å². The number of carbonyl (C=O) groups excluding carboxylic acids is 1. The Labute approximate surface area is 165 Å². The van der Waals surface area contributed by atoms with Crippen LogP contribution in [-0.2, 0) is 14.8 Å². The van der Waals surface area contributed by atoms with Crippen molar-refractivity contribution >= 4 is 16.1 Å². The number of amides is 2. The Bertz CT molecular complexity index is 812. The Morgan fingerprint density at radius 1 is 1.14 bits per heavy atom. The molecule has 0 saturated carbocycles. The van der Waals surface area contributed by atoms with Gasteiger partial charge in [0.2, 0.25) is 10.0 Å². The van der Waals surface area contributed by atoms with Crippen LogP contribution in [0.5, 0.6) is 5.75 Å². The first-order valence-corrected chi connectivity index (χ1v) is 11.2. The molecular weight excluding hydrogens is 382 g/mol. The van der Waals surface area contributed by atoms with Gasteiger partial charge in [-0.25, -0.2) is 13.2 Å². The summed E-state index contributed by atoms with van der Waals surface area (Å²) < 4.78 is 38.0. The van der Waals surface area contributed by atoms with Gasteiger partial charge in [-0.15, -0.1) is 0 Å². The molecule has 9 heteroatoms. The summed E-state index contributed by atoms with van der Waals surface area (Å²) in [5, 5.41) is 2.99. The van der Waals surface area contributed by atoms with E-state index in [9.17, 15) is 13.2 Å². The van der Waals surface area contributed by atoms with Crippen LogP contribution in [0.3, 0.4) is 0 Å². The van der Waals surface area contributed by atoms with Crippen LogP contribution in [-0.4, -0.2) is 75.2 Å². The highest BCUT2D eigenvalue weighted by molar-refractivity contribution is 7.89. The number of ether oxygens (including phenoxy) is 2. The number of hydrogen-bond acceptors (Lipinski definition) is 5. The summed E-state index contributed by atoms with van der Waals surface area (Å²) in [4.78, 5) is 14.8. The van der Waals surface area contributed by atoms with Gasteiger partial charge in [0.05, 0.1) is 17.5 Å². The van der Waals surface area contributed by atoms with Crippen LogP contribution in [0.15, 0.2) is 29.2 Å². The monoisotopic (exact) mass is 409 g/mol. The lowest BCUT2D eigenvalue weighted by molar-refractivity contribution is -0.0121. The Balaban J connectivity index is 1.45.